The van der Waals surface area contributed by atoms with Gasteiger partial charge in [0.15, 0.2) is 0 Å². The van der Waals surface area contributed by atoms with Crippen LogP contribution in [0.3, 0.4) is 0 Å². The van der Waals surface area contributed by atoms with Crippen molar-refractivity contribution in [3.8, 4) is 0 Å². The minimum atomic E-state index is -0.738. The maximum atomic E-state index is 11.6. The van der Waals surface area contributed by atoms with Gasteiger partial charge >= 0.3 is 5.97 Å². The van der Waals surface area contributed by atoms with E-state index in [4.69, 9.17) is 0 Å². The van der Waals surface area contributed by atoms with Crippen LogP contribution in [0.4, 0.5) is 0 Å². The zero-order valence-electron chi connectivity index (χ0n) is 12.5. The molecular weight excluding hydrogens is 250 g/mol. The minimum Gasteiger partial charge on any atom is -0.480 e. The highest BCUT2D eigenvalue weighted by Crippen LogP contribution is 2.43. The number of hydrogen-bond donors (Lipinski definition) is 1. The van der Waals surface area contributed by atoms with Crippen molar-refractivity contribution in [2.75, 3.05) is 13.1 Å². The number of hydrogen-bond acceptors (Lipinski definition) is 2. The number of carboxylic acids is 1. The van der Waals surface area contributed by atoms with Crippen LogP contribution in [0.2, 0.25) is 0 Å². The first-order chi connectivity index (χ1) is 9.62. The zero-order chi connectivity index (χ0) is 14.6. The summed E-state index contributed by atoms with van der Waals surface area (Å²) >= 11 is 0. The average molecular weight is 275 g/mol. The molecule has 1 saturated heterocycles. The molecule has 1 aromatic carbocycles. The third kappa shape index (κ3) is 3.04. The van der Waals surface area contributed by atoms with E-state index in [1.165, 1.54) is 25.7 Å². The average Bonchev–Trinajstić information content (AvgIpc) is 2.38. The van der Waals surface area contributed by atoms with Crippen molar-refractivity contribution in [1.82, 2.24) is 4.90 Å². The quantitative estimate of drug-likeness (QED) is 0.824. The van der Waals surface area contributed by atoms with Crippen LogP contribution in [-0.4, -0.2) is 29.1 Å². The highest BCUT2D eigenvalue weighted by molar-refractivity contribution is 5.75. The fraction of sp³-hybridized carbons (Fsp3) is 0.588. The van der Waals surface area contributed by atoms with Gasteiger partial charge < -0.3 is 5.11 Å². The molecule has 1 aromatic rings. The van der Waals surface area contributed by atoms with Crippen LogP contribution in [0.15, 0.2) is 30.3 Å². The molecule has 1 heterocycles. The second-order valence-electron chi connectivity index (χ2n) is 6.06. The lowest BCUT2D eigenvalue weighted by molar-refractivity contribution is -0.150. The van der Waals surface area contributed by atoms with E-state index in [0.717, 1.165) is 18.7 Å². The topological polar surface area (TPSA) is 40.5 Å². The molecule has 0 spiro atoms. The number of carbonyl (C=O) groups is 1. The molecule has 0 radical (unpaired) electrons. The lowest BCUT2D eigenvalue weighted by atomic mass is 9.71. The summed E-state index contributed by atoms with van der Waals surface area (Å²) < 4.78 is 0. The zero-order valence-corrected chi connectivity index (χ0v) is 12.5. The van der Waals surface area contributed by atoms with E-state index < -0.39 is 12.0 Å². The third-order valence-corrected chi connectivity index (χ3v) is 4.35. The molecule has 110 valence electrons. The Morgan fingerprint density at radius 1 is 1.20 bits per heavy atom. The van der Waals surface area contributed by atoms with Gasteiger partial charge in [0.05, 0.1) is 0 Å². The molecule has 2 rings (SSSR count). The number of aliphatic carboxylic acids is 1. The van der Waals surface area contributed by atoms with Crippen LogP contribution in [-0.2, 0) is 4.79 Å². The van der Waals surface area contributed by atoms with Crippen molar-refractivity contribution in [3.05, 3.63) is 35.9 Å². The Labute approximate surface area is 121 Å². The first kappa shape index (κ1) is 15.0. The molecule has 1 atom stereocenters. The number of benzene rings is 1. The molecule has 0 saturated carbocycles. The SMILES string of the molecule is CCCC1(CCC)CN(C(C(=O)O)c2ccccc2)C1. The monoisotopic (exact) mass is 275 g/mol. The van der Waals surface area contributed by atoms with E-state index in [0.29, 0.717) is 5.41 Å². The van der Waals surface area contributed by atoms with Crippen LogP contribution in [0.25, 0.3) is 0 Å². The Kier molecular flexibility index (Phi) is 4.81. The van der Waals surface area contributed by atoms with E-state index >= 15 is 0 Å². The number of rotatable bonds is 7. The van der Waals surface area contributed by atoms with Gasteiger partial charge in [0.2, 0.25) is 0 Å². The van der Waals surface area contributed by atoms with Crippen molar-refractivity contribution in [1.29, 1.82) is 0 Å². The summed E-state index contributed by atoms with van der Waals surface area (Å²) in [5.74, 6) is -0.738. The molecule has 0 aromatic heterocycles. The summed E-state index contributed by atoms with van der Waals surface area (Å²) in [6.07, 6.45) is 4.77. The molecule has 0 aliphatic carbocycles. The molecule has 20 heavy (non-hydrogen) atoms. The van der Waals surface area contributed by atoms with Gasteiger partial charge in [-0.3, -0.25) is 9.69 Å². The number of likely N-dealkylation sites (tertiary alicyclic amines) is 1. The predicted molar refractivity (Wildman–Crippen MR) is 80.6 cm³/mol. The van der Waals surface area contributed by atoms with E-state index in [1.807, 2.05) is 30.3 Å². The van der Waals surface area contributed by atoms with Gasteiger partial charge in [0.25, 0.3) is 0 Å². The summed E-state index contributed by atoms with van der Waals surface area (Å²) in [6, 6.07) is 9.10. The standard InChI is InChI=1S/C17H25NO2/c1-3-10-17(11-4-2)12-18(13-17)15(16(19)20)14-8-6-5-7-9-14/h5-9,15H,3-4,10-13H2,1-2H3,(H,19,20). The van der Waals surface area contributed by atoms with Crippen LogP contribution < -0.4 is 0 Å². The van der Waals surface area contributed by atoms with Crippen molar-refractivity contribution in [2.24, 2.45) is 5.41 Å². The molecule has 3 nitrogen and oxygen atoms in total. The van der Waals surface area contributed by atoms with Gasteiger partial charge in [-0.15, -0.1) is 0 Å². The van der Waals surface area contributed by atoms with Gasteiger partial charge in [-0.25, -0.2) is 0 Å². The fourth-order valence-corrected chi connectivity index (χ4v) is 3.64. The van der Waals surface area contributed by atoms with Gasteiger partial charge in [0.1, 0.15) is 6.04 Å². The Hall–Kier alpha value is -1.35. The predicted octanol–water partition coefficient (Wildman–Crippen LogP) is 3.71. The van der Waals surface area contributed by atoms with E-state index in [1.54, 1.807) is 0 Å². The molecule has 1 fully saturated rings. The summed E-state index contributed by atoms with van der Waals surface area (Å²) in [4.78, 5) is 13.7. The van der Waals surface area contributed by atoms with Crippen molar-refractivity contribution >= 4 is 5.97 Å². The van der Waals surface area contributed by atoms with Gasteiger partial charge in [-0.05, 0) is 23.8 Å². The van der Waals surface area contributed by atoms with Crippen molar-refractivity contribution in [3.63, 3.8) is 0 Å². The summed E-state index contributed by atoms with van der Waals surface area (Å²) in [7, 11) is 0. The van der Waals surface area contributed by atoms with E-state index in [2.05, 4.69) is 18.7 Å². The molecular formula is C17H25NO2. The second-order valence-corrected chi connectivity index (χ2v) is 6.06. The van der Waals surface area contributed by atoms with Crippen LogP contribution in [0.5, 0.6) is 0 Å². The van der Waals surface area contributed by atoms with Crippen molar-refractivity contribution < 1.29 is 9.90 Å². The fourth-order valence-electron chi connectivity index (χ4n) is 3.64. The molecule has 1 unspecified atom stereocenters. The Morgan fingerprint density at radius 3 is 2.20 bits per heavy atom. The first-order valence-electron chi connectivity index (χ1n) is 7.63. The molecule has 1 N–H and O–H groups in total. The largest absolute Gasteiger partial charge is 0.480 e. The molecule has 3 heteroatoms. The first-order valence-corrected chi connectivity index (χ1v) is 7.63. The lowest BCUT2D eigenvalue weighted by Crippen LogP contribution is -2.58. The highest BCUT2D eigenvalue weighted by Gasteiger charge is 2.46. The highest BCUT2D eigenvalue weighted by atomic mass is 16.4. The van der Waals surface area contributed by atoms with Gasteiger partial charge in [-0.1, -0.05) is 57.0 Å². The summed E-state index contributed by atoms with van der Waals surface area (Å²) in [5, 5.41) is 9.55. The molecule has 1 aliphatic rings. The molecule has 0 amide bonds. The smallest absolute Gasteiger partial charge is 0.325 e. The third-order valence-electron chi connectivity index (χ3n) is 4.35. The Morgan fingerprint density at radius 2 is 1.75 bits per heavy atom. The van der Waals surface area contributed by atoms with Crippen LogP contribution in [0.1, 0.15) is 51.1 Å². The summed E-state index contributed by atoms with van der Waals surface area (Å²) in [5.41, 5.74) is 1.24. The number of nitrogens with zero attached hydrogens (tertiary/aromatic N) is 1. The maximum Gasteiger partial charge on any atom is 0.325 e. The van der Waals surface area contributed by atoms with Gasteiger partial charge in [0, 0.05) is 13.1 Å². The van der Waals surface area contributed by atoms with Crippen molar-refractivity contribution in [2.45, 2.75) is 45.6 Å². The Balaban J connectivity index is 2.09. The Bertz CT molecular complexity index is 430. The van der Waals surface area contributed by atoms with Gasteiger partial charge in [-0.2, -0.15) is 0 Å². The summed E-state index contributed by atoms with van der Waals surface area (Å²) in [6.45, 7) is 6.26. The van der Waals surface area contributed by atoms with E-state index in [9.17, 15) is 9.90 Å². The van der Waals surface area contributed by atoms with Crippen LogP contribution in [0, 0.1) is 5.41 Å². The van der Waals surface area contributed by atoms with E-state index in [-0.39, 0.29) is 0 Å². The molecule has 1 aliphatic heterocycles. The number of carboxylic acid groups (broad SMARTS) is 1. The second kappa shape index (κ2) is 6.40. The minimum absolute atomic E-state index is 0.353. The van der Waals surface area contributed by atoms with Crippen LogP contribution >= 0.6 is 0 Å². The normalized spacial score (nSPS) is 19.3. The molecule has 0 bridgehead atoms. The maximum absolute atomic E-state index is 11.6. The lowest BCUT2D eigenvalue weighted by Gasteiger charge is -2.53.